The number of nitrogens with one attached hydrogen (secondary N) is 4. The average molecular weight is 565 g/mol. The lowest BCUT2D eigenvalue weighted by molar-refractivity contribution is -0.870. The number of aliphatic hydroxyl groups excluding tert-OH is 1. The molecule has 0 spiro atoms. The van der Waals surface area contributed by atoms with Crippen molar-refractivity contribution in [3.05, 3.63) is 30.1 Å². The number of pyridine rings is 1. The van der Waals surface area contributed by atoms with Crippen molar-refractivity contribution in [2.24, 2.45) is 11.7 Å². The molecule has 1 rings (SSSR count). The highest BCUT2D eigenvalue weighted by molar-refractivity contribution is 5.98. The molecule has 1 aromatic rings. The zero-order valence-corrected chi connectivity index (χ0v) is 24.4. The number of aliphatic hydroxyl groups is 1. The van der Waals surface area contributed by atoms with E-state index in [4.69, 9.17) is 5.73 Å². The van der Waals surface area contributed by atoms with Crippen LogP contribution in [-0.2, 0) is 19.2 Å². The number of nitrogens with zero attached hydrogens (tertiary/aromatic N) is 2. The fourth-order valence-corrected chi connectivity index (χ4v) is 3.80. The van der Waals surface area contributed by atoms with Gasteiger partial charge in [-0.15, -0.1) is 0 Å². The van der Waals surface area contributed by atoms with Gasteiger partial charge in [0.2, 0.25) is 23.6 Å². The zero-order valence-electron chi connectivity index (χ0n) is 24.4. The Balaban J connectivity index is 2.97. The van der Waals surface area contributed by atoms with E-state index in [1.807, 2.05) is 35.0 Å². The van der Waals surface area contributed by atoms with Gasteiger partial charge in [0.15, 0.2) is 0 Å². The number of quaternary nitrogens is 1. The first-order chi connectivity index (χ1) is 18.6. The maximum atomic E-state index is 13.3. The molecule has 0 radical (unpaired) electrons. The predicted molar refractivity (Wildman–Crippen MR) is 149 cm³/mol. The molecule has 0 fully saturated rings. The molecule has 1 heterocycles. The van der Waals surface area contributed by atoms with Crippen LogP contribution in [-0.4, -0.2) is 103 Å². The lowest BCUT2D eigenvalue weighted by Crippen LogP contribution is -2.58. The molecule has 5 amide bonds. The summed E-state index contributed by atoms with van der Waals surface area (Å²) < 4.78 is 0.732. The Kier molecular flexibility index (Phi) is 14.2. The van der Waals surface area contributed by atoms with E-state index < -0.39 is 60.3 Å². The van der Waals surface area contributed by atoms with Gasteiger partial charge in [-0.3, -0.25) is 29.0 Å². The summed E-state index contributed by atoms with van der Waals surface area (Å²) in [6.07, 6.45) is 4.83. The largest absolute Gasteiger partial charge is 0.394 e. The summed E-state index contributed by atoms with van der Waals surface area (Å²) in [5.41, 5.74) is 5.53. The molecule has 0 saturated carbocycles. The lowest BCUT2D eigenvalue weighted by Gasteiger charge is -2.27. The Morgan fingerprint density at radius 3 is 2.02 bits per heavy atom. The van der Waals surface area contributed by atoms with Gasteiger partial charge < -0.3 is 36.6 Å². The normalized spacial score (nSPS) is 14.4. The van der Waals surface area contributed by atoms with Gasteiger partial charge in [0.25, 0.3) is 5.91 Å². The second-order valence-corrected chi connectivity index (χ2v) is 11.3. The first-order valence-corrected chi connectivity index (χ1v) is 13.5. The highest BCUT2D eigenvalue weighted by Gasteiger charge is 2.30. The van der Waals surface area contributed by atoms with Gasteiger partial charge in [0.1, 0.15) is 24.2 Å². The van der Waals surface area contributed by atoms with Gasteiger partial charge in [-0.25, -0.2) is 0 Å². The van der Waals surface area contributed by atoms with Crippen LogP contribution >= 0.6 is 0 Å². The predicted octanol–water partition coefficient (Wildman–Crippen LogP) is -0.945. The van der Waals surface area contributed by atoms with E-state index in [0.717, 1.165) is 17.4 Å². The van der Waals surface area contributed by atoms with Gasteiger partial charge in [-0.1, -0.05) is 13.8 Å². The van der Waals surface area contributed by atoms with Crippen LogP contribution in [0, 0.1) is 5.92 Å². The fraction of sp³-hybridized carbons (Fsp3) is 0.630. The van der Waals surface area contributed by atoms with E-state index in [9.17, 15) is 29.1 Å². The number of hydrogen-bond donors (Lipinski definition) is 6. The molecule has 1 aromatic heterocycles. The van der Waals surface area contributed by atoms with Crippen LogP contribution in [0.1, 0.15) is 56.8 Å². The van der Waals surface area contributed by atoms with Gasteiger partial charge >= 0.3 is 0 Å². The summed E-state index contributed by atoms with van der Waals surface area (Å²) in [7, 11) is 6.14. The van der Waals surface area contributed by atoms with E-state index in [2.05, 4.69) is 26.3 Å². The van der Waals surface area contributed by atoms with Crippen LogP contribution in [0.3, 0.4) is 0 Å². The number of aromatic nitrogens is 1. The number of unbranched alkanes of at least 4 members (excludes halogenated alkanes) is 1. The second kappa shape index (κ2) is 16.5. The molecule has 7 N–H and O–H groups in total. The first kappa shape index (κ1) is 34.4. The van der Waals surface area contributed by atoms with E-state index in [-0.39, 0.29) is 24.3 Å². The van der Waals surface area contributed by atoms with Gasteiger partial charge in [0, 0.05) is 12.4 Å². The number of carbonyl (C=O) groups excluding carboxylic acids is 5. The van der Waals surface area contributed by atoms with E-state index in [1.165, 1.54) is 19.3 Å². The third-order valence-electron chi connectivity index (χ3n) is 6.05. The maximum absolute atomic E-state index is 13.3. The molecule has 0 aliphatic rings. The van der Waals surface area contributed by atoms with Crippen molar-refractivity contribution >= 4 is 29.5 Å². The Morgan fingerprint density at radius 2 is 1.50 bits per heavy atom. The molecule has 224 valence electrons. The molecular formula is C27H46N7O6+. The Hall–Kier alpha value is -3.58. The summed E-state index contributed by atoms with van der Waals surface area (Å²) in [5.74, 6) is -3.20. The zero-order chi connectivity index (χ0) is 30.5. The molecule has 40 heavy (non-hydrogen) atoms. The lowest BCUT2D eigenvalue weighted by atomic mass is 10.0. The van der Waals surface area contributed by atoms with Crippen LogP contribution in [0.4, 0.5) is 0 Å². The third kappa shape index (κ3) is 13.0. The van der Waals surface area contributed by atoms with E-state index >= 15 is 0 Å². The topological polar surface area (TPSA) is 193 Å². The molecule has 13 heteroatoms. The van der Waals surface area contributed by atoms with Crippen molar-refractivity contribution in [1.29, 1.82) is 0 Å². The van der Waals surface area contributed by atoms with Crippen LogP contribution < -0.4 is 27.0 Å². The smallest absolute Gasteiger partial charge is 0.253 e. The molecule has 0 unspecified atom stereocenters. The monoisotopic (exact) mass is 564 g/mol. The van der Waals surface area contributed by atoms with Crippen molar-refractivity contribution in [3.8, 4) is 0 Å². The van der Waals surface area contributed by atoms with Gasteiger partial charge in [0.05, 0.1) is 39.9 Å². The van der Waals surface area contributed by atoms with Gasteiger partial charge in [-0.2, -0.15) is 0 Å². The van der Waals surface area contributed by atoms with Crippen LogP contribution in [0.2, 0.25) is 0 Å². The summed E-state index contributed by atoms with van der Waals surface area (Å²) in [6, 6.07) is -1.10. The molecular weight excluding hydrogens is 518 g/mol. The van der Waals surface area contributed by atoms with E-state index in [1.54, 1.807) is 12.1 Å². The molecule has 4 atom stereocenters. The third-order valence-corrected chi connectivity index (χ3v) is 6.05. The number of carbonyl (C=O) groups is 5. The summed E-state index contributed by atoms with van der Waals surface area (Å²) in [5, 5.41) is 19.7. The number of primary amides is 1. The number of rotatable bonds is 17. The van der Waals surface area contributed by atoms with Crippen LogP contribution in [0.25, 0.3) is 0 Å². The minimum absolute atomic E-state index is 0.0156. The SMILES string of the molecule is CC(C)C[C@H](NC(=O)[C@H](C)NC(=O)c1cccnc1)C(=O)N[C@@H](CCCC[N+](C)(C)C)C(=O)N[C@@H](CO)C(N)=O. The summed E-state index contributed by atoms with van der Waals surface area (Å²) in [4.78, 5) is 67.1. The molecule has 0 saturated heterocycles. The molecule has 0 aliphatic carbocycles. The van der Waals surface area contributed by atoms with Crippen LogP contribution in [0.5, 0.6) is 0 Å². The standard InChI is InChI=1S/C27H45N7O6/c1-17(2)14-21(32-24(37)18(3)30-25(38)19-10-9-12-29-15-19)27(40)31-20(11-7-8-13-34(4,5)6)26(39)33-22(16-35)23(28)36/h9-10,12,15,17-18,20-22,35H,7-8,11,13-14,16H2,1-6H3,(H5-,28,30,31,32,33,36,37,38,39,40)/p+1/t18-,20-,21-,22-/m0/s1. The number of amides is 5. The Labute approximate surface area is 236 Å². The Morgan fingerprint density at radius 1 is 0.900 bits per heavy atom. The Bertz CT molecular complexity index is 997. The summed E-state index contributed by atoms with van der Waals surface area (Å²) >= 11 is 0. The highest BCUT2D eigenvalue weighted by atomic mass is 16.3. The van der Waals surface area contributed by atoms with Crippen molar-refractivity contribution in [1.82, 2.24) is 26.3 Å². The highest BCUT2D eigenvalue weighted by Crippen LogP contribution is 2.09. The average Bonchev–Trinajstić information content (AvgIpc) is 2.87. The van der Waals surface area contributed by atoms with E-state index in [0.29, 0.717) is 6.42 Å². The molecule has 0 aliphatic heterocycles. The quantitative estimate of drug-likeness (QED) is 0.104. The molecule has 0 aromatic carbocycles. The van der Waals surface area contributed by atoms with Gasteiger partial charge in [-0.05, 0) is 50.7 Å². The summed E-state index contributed by atoms with van der Waals surface area (Å²) in [6.45, 7) is 5.42. The number of nitrogens with two attached hydrogens (primary N) is 1. The van der Waals surface area contributed by atoms with Crippen molar-refractivity contribution < 1.29 is 33.6 Å². The second-order valence-electron chi connectivity index (χ2n) is 11.3. The molecule has 0 bridgehead atoms. The molecule has 13 nitrogen and oxygen atoms in total. The van der Waals surface area contributed by atoms with Crippen LogP contribution in [0.15, 0.2) is 24.5 Å². The van der Waals surface area contributed by atoms with Crippen molar-refractivity contribution in [2.45, 2.75) is 70.6 Å². The minimum Gasteiger partial charge on any atom is -0.394 e. The first-order valence-electron chi connectivity index (χ1n) is 13.5. The van der Waals surface area contributed by atoms with Crippen molar-refractivity contribution in [3.63, 3.8) is 0 Å². The van der Waals surface area contributed by atoms with Crippen molar-refractivity contribution in [2.75, 3.05) is 34.3 Å². The fourth-order valence-electron chi connectivity index (χ4n) is 3.80. The minimum atomic E-state index is -1.30. The maximum Gasteiger partial charge on any atom is 0.253 e. The number of hydrogen-bond acceptors (Lipinski definition) is 7.